The van der Waals surface area contributed by atoms with Gasteiger partial charge in [-0.1, -0.05) is 48.0 Å². The average Bonchev–Trinajstić information content (AvgIpc) is 2.52. The predicted octanol–water partition coefficient (Wildman–Crippen LogP) is 5.07. The number of hydrogen-bond acceptors (Lipinski definition) is 2. The molecule has 104 valence electrons. The van der Waals surface area contributed by atoms with E-state index in [0.717, 1.165) is 32.9 Å². The number of nitrogens with zero attached hydrogens (tertiary/aromatic N) is 1. The first-order valence-corrected chi connectivity index (χ1v) is 7.01. The van der Waals surface area contributed by atoms with Crippen molar-refractivity contribution in [3.05, 3.63) is 70.9 Å². The van der Waals surface area contributed by atoms with E-state index in [4.69, 9.17) is 16.3 Å². The zero-order chi connectivity index (χ0) is 14.7. The van der Waals surface area contributed by atoms with E-state index in [2.05, 4.69) is 4.98 Å². The SMILES string of the molecule is COc1cccc2ccc(/C=C/c3cccc(Cl)c3)nc12. The Hall–Kier alpha value is -2.32. The van der Waals surface area contributed by atoms with Crippen LogP contribution in [0.15, 0.2) is 54.6 Å². The van der Waals surface area contributed by atoms with Gasteiger partial charge in [0.2, 0.25) is 0 Å². The molecule has 3 heteroatoms. The Morgan fingerprint density at radius 3 is 2.67 bits per heavy atom. The zero-order valence-corrected chi connectivity index (χ0v) is 12.3. The minimum absolute atomic E-state index is 0.727. The fraction of sp³-hybridized carbons (Fsp3) is 0.0556. The number of benzene rings is 2. The Bertz CT molecular complexity index is 811. The first-order chi connectivity index (χ1) is 10.3. The van der Waals surface area contributed by atoms with Gasteiger partial charge in [-0.05, 0) is 35.9 Å². The molecule has 3 rings (SSSR count). The van der Waals surface area contributed by atoms with E-state index in [1.807, 2.05) is 66.7 Å². The lowest BCUT2D eigenvalue weighted by Crippen LogP contribution is -1.89. The number of rotatable bonds is 3. The maximum absolute atomic E-state index is 5.98. The fourth-order valence-electron chi connectivity index (χ4n) is 2.18. The first kappa shape index (κ1) is 13.7. The predicted molar refractivity (Wildman–Crippen MR) is 88.7 cm³/mol. The van der Waals surface area contributed by atoms with E-state index < -0.39 is 0 Å². The van der Waals surface area contributed by atoms with Gasteiger partial charge in [0.05, 0.1) is 12.8 Å². The molecular formula is C18H14ClNO. The summed E-state index contributed by atoms with van der Waals surface area (Å²) in [5.74, 6) is 0.783. The molecular weight excluding hydrogens is 282 g/mol. The number of aromatic nitrogens is 1. The standard InChI is InChI=1S/C18H14ClNO/c1-21-17-7-3-5-14-9-11-16(20-18(14)17)10-8-13-4-2-6-15(19)12-13/h2-12H,1H3/b10-8+. The van der Waals surface area contributed by atoms with Gasteiger partial charge in [-0.25, -0.2) is 4.98 Å². The summed E-state index contributed by atoms with van der Waals surface area (Å²) in [5.41, 5.74) is 2.80. The van der Waals surface area contributed by atoms with Crippen molar-refractivity contribution in [2.45, 2.75) is 0 Å². The summed E-state index contributed by atoms with van der Waals surface area (Å²) >= 11 is 5.98. The van der Waals surface area contributed by atoms with E-state index in [0.29, 0.717) is 0 Å². The Balaban J connectivity index is 1.97. The molecule has 1 heterocycles. The van der Waals surface area contributed by atoms with Gasteiger partial charge in [-0.3, -0.25) is 0 Å². The molecule has 0 amide bonds. The summed E-state index contributed by atoms with van der Waals surface area (Å²) in [6.45, 7) is 0. The molecule has 0 aliphatic heterocycles. The van der Waals surface area contributed by atoms with E-state index in [1.54, 1.807) is 7.11 Å². The van der Waals surface area contributed by atoms with E-state index in [-0.39, 0.29) is 0 Å². The van der Waals surface area contributed by atoms with Gasteiger partial charge >= 0.3 is 0 Å². The van der Waals surface area contributed by atoms with Crippen molar-refractivity contribution in [2.24, 2.45) is 0 Å². The van der Waals surface area contributed by atoms with Crippen LogP contribution in [-0.4, -0.2) is 12.1 Å². The van der Waals surface area contributed by atoms with E-state index >= 15 is 0 Å². The van der Waals surface area contributed by atoms with Crippen LogP contribution < -0.4 is 4.74 Å². The Morgan fingerprint density at radius 1 is 1.00 bits per heavy atom. The number of para-hydroxylation sites is 1. The summed E-state index contributed by atoms with van der Waals surface area (Å²) in [7, 11) is 1.66. The Morgan fingerprint density at radius 2 is 1.86 bits per heavy atom. The van der Waals surface area contributed by atoms with Crippen LogP contribution in [0.4, 0.5) is 0 Å². The van der Waals surface area contributed by atoms with E-state index in [1.165, 1.54) is 0 Å². The molecule has 0 aliphatic rings. The van der Waals surface area contributed by atoms with Crippen molar-refractivity contribution in [3.8, 4) is 5.75 Å². The van der Waals surface area contributed by atoms with E-state index in [9.17, 15) is 0 Å². The highest BCUT2D eigenvalue weighted by Gasteiger charge is 2.02. The Kier molecular flexibility index (Phi) is 3.89. The minimum Gasteiger partial charge on any atom is -0.494 e. The van der Waals surface area contributed by atoms with Gasteiger partial charge in [0, 0.05) is 10.4 Å². The summed E-state index contributed by atoms with van der Waals surface area (Å²) in [6, 6.07) is 17.6. The highest BCUT2D eigenvalue weighted by Crippen LogP contribution is 2.24. The quantitative estimate of drug-likeness (QED) is 0.673. The topological polar surface area (TPSA) is 22.1 Å². The molecule has 0 N–H and O–H groups in total. The summed E-state index contributed by atoms with van der Waals surface area (Å²) in [6.07, 6.45) is 3.97. The van der Waals surface area contributed by atoms with Crippen molar-refractivity contribution in [2.75, 3.05) is 7.11 Å². The molecule has 0 spiro atoms. The second kappa shape index (κ2) is 5.98. The van der Waals surface area contributed by atoms with Crippen LogP contribution >= 0.6 is 11.6 Å². The highest BCUT2D eigenvalue weighted by atomic mass is 35.5. The first-order valence-electron chi connectivity index (χ1n) is 6.64. The second-order valence-electron chi connectivity index (χ2n) is 4.66. The van der Waals surface area contributed by atoms with Crippen molar-refractivity contribution < 1.29 is 4.74 Å². The van der Waals surface area contributed by atoms with Crippen LogP contribution in [0.2, 0.25) is 5.02 Å². The molecule has 1 aromatic heterocycles. The molecule has 21 heavy (non-hydrogen) atoms. The highest BCUT2D eigenvalue weighted by molar-refractivity contribution is 6.30. The zero-order valence-electron chi connectivity index (χ0n) is 11.6. The molecule has 3 aromatic rings. The normalized spacial score (nSPS) is 11.1. The third-order valence-electron chi connectivity index (χ3n) is 3.22. The lowest BCUT2D eigenvalue weighted by Gasteiger charge is -2.05. The smallest absolute Gasteiger partial charge is 0.145 e. The molecule has 0 aliphatic carbocycles. The van der Waals surface area contributed by atoms with Crippen LogP contribution in [-0.2, 0) is 0 Å². The molecule has 2 aromatic carbocycles. The summed E-state index contributed by atoms with van der Waals surface area (Å²) < 4.78 is 5.36. The van der Waals surface area contributed by atoms with Gasteiger partial charge in [0.1, 0.15) is 11.3 Å². The summed E-state index contributed by atoms with van der Waals surface area (Å²) in [4.78, 5) is 4.64. The maximum Gasteiger partial charge on any atom is 0.145 e. The largest absolute Gasteiger partial charge is 0.494 e. The lowest BCUT2D eigenvalue weighted by molar-refractivity contribution is 0.419. The third-order valence-corrected chi connectivity index (χ3v) is 3.45. The molecule has 0 unspecified atom stereocenters. The number of ether oxygens (including phenoxy) is 1. The van der Waals surface area contributed by atoms with Crippen molar-refractivity contribution in [3.63, 3.8) is 0 Å². The maximum atomic E-state index is 5.98. The van der Waals surface area contributed by atoms with Crippen LogP contribution in [0, 0.1) is 0 Å². The molecule has 0 atom stereocenters. The van der Waals surface area contributed by atoms with Gasteiger partial charge in [-0.2, -0.15) is 0 Å². The summed E-state index contributed by atoms with van der Waals surface area (Å²) in [5, 5.41) is 1.79. The van der Waals surface area contributed by atoms with Gasteiger partial charge in [-0.15, -0.1) is 0 Å². The number of fused-ring (bicyclic) bond motifs is 1. The molecule has 0 saturated heterocycles. The van der Waals surface area contributed by atoms with Crippen molar-refractivity contribution >= 4 is 34.7 Å². The number of hydrogen-bond donors (Lipinski definition) is 0. The average molecular weight is 296 g/mol. The van der Waals surface area contributed by atoms with Crippen LogP contribution in [0.3, 0.4) is 0 Å². The van der Waals surface area contributed by atoms with Crippen LogP contribution in [0.1, 0.15) is 11.3 Å². The number of methoxy groups -OCH3 is 1. The monoisotopic (exact) mass is 295 g/mol. The van der Waals surface area contributed by atoms with Gasteiger partial charge < -0.3 is 4.74 Å². The fourth-order valence-corrected chi connectivity index (χ4v) is 2.38. The molecule has 0 fully saturated rings. The van der Waals surface area contributed by atoms with Gasteiger partial charge in [0.15, 0.2) is 0 Å². The lowest BCUT2D eigenvalue weighted by atomic mass is 10.1. The van der Waals surface area contributed by atoms with Crippen LogP contribution in [0.25, 0.3) is 23.1 Å². The minimum atomic E-state index is 0.727. The molecule has 0 bridgehead atoms. The molecule has 2 nitrogen and oxygen atoms in total. The molecule has 0 radical (unpaired) electrons. The van der Waals surface area contributed by atoms with Crippen molar-refractivity contribution in [1.82, 2.24) is 4.98 Å². The number of halogens is 1. The Labute approximate surface area is 128 Å². The second-order valence-corrected chi connectivity index (χ2v) is 5.09. The number of pyridine rings is 1. The third kappa shape index (κ3) is 3.06. The van der Waals surface area contributed by atoms with Gasteiger partial charge in [0.25, 0.3) is 0 Å². The van der Waals surface area contributed by atoms with Crippen LogP contribution in [0.5, 0.6) is 5.75 Å². The molecule has 0 saturated carbocycles. The van der Waals surface area contributed by atoms with Crippen molar-refractivity contribution in [1.29, 1.82) is 0 Å².